The van der Waals surface area contributed by atoms with Crippen LogP contribution in [0.25, 0.3) is 0 Å². The highest BCUT2D eigenvalue weighted by Gasteiger charge is 2.16. The zero-order valence-electron chi connectivity index (χ0n) is 7.55. The maximum Gasteiger partial charge on any atom is -0.00978 e. The van der Waals surface area contributed by atoms with Crippen molar-refractivity contribution in [2.45, 2.75) is 45.4 Å². The van der Waals surface area contributed by atoms with E-state index in [-0.39, 0.29) is 0 Å². The monoisotopic (exact) mass is 172 g/mol. The highest BCUT2D eigenvalue weighted by atomic mass is 32.1. The Morgan fingerprint density at radius 3 is 2.36 bits per heavy atom. The SMILES string of the molecule is CC1CCC(CCCS)CC1. The van der Waals surface area contributed by atoms with Gasteiger partial charge in [0.15, 0.2) is 0 Å². The number of rotatable bonds is 3. The second kappa shape index (κ2) is 5.08. The Bertz CT molecular complexity index is 90.3. The Kier molecular flexibility index (Phi) is 4.36. The van der Waals surface area contributed by atoms with E-state index in [1.165, 1.54) is 38.5 Å². The Morgan fingerprint density at radius 1 is 1.18 bits per heavy atom. The molecule has 0 nitrogen and oxygen atoms in total. The van der Waals surface area contributed by atoms with E-state index in [1.807, 2.05) is 0 Å². The molecule has 1 saturated carbocycles. The number of hydrogen-bond acceptors (Lipinski definition) is 1. The molecule has 11 heavy (non-hydrogen) atoms. The Labute approximate surface area is 76.2 Å². The molecule has 0 aromatic carbocycles. The van der Waals surface area contributed by atoms with Gasteiger partial charge in [0.25, 0.3) is 0 Å². The molecule has 0 spiro atoms. The summed E-state index contributed by atoms with van der Waals surface area (Å²) in [4.78, 5) is 0. The average molecular weight is 172 g/mol. The quantitative estimate of drug-likeness (QED) is 0.619. The lowest BCUT2D eigenvalue weighted by Gasteiger charge is -2.25. The van der Waals surface area contributed by atoms with Crippen LogP contribution in [0.15, 0.2) is 0 Å². The van der Waals surface area contributed by atoms with Crippen molar-refractivity contribution < 1.29 is 0 Å². The topological polar surface area (TPSA) is 0 Å². The normalized spacial score (nSPS) is 32.2. The first-order chi connectivity index (χ1) is 5.33. The highest BCUT2D eigenvalue weighted by molar-refractivity contribution is 7.80. The zero-order chi connectivity index (χ0) is 8.10. The van der Waals surface area contributed by atoms with Gasteiger partial charge in [-0.3, -0.25) is 0 Å². The van der Waals surface area contributed by atoms with Gasteiger partial charge in [0, 0.05) is 0 Å². The van der Waals surface area contributed by atoms with Gasteiger partial charge in [-0.1, -0.05) is 32.6 Å². The molecule has 66 valence electrons. The van der Waals surface area contributed by atoms with E-state index in [4.69, 9.17) is 0 Å². The molecule has 0 unspecified atom stereocenters. The molecule has 1 aliphatic carbocycles. The average Bonchev–Trinajstić information content (AvgIpc) is 2.04. The molecule has 0 radical (unpaired) electrons. The van der Waals surface area contributed by atoms with Crippen molar-refractivity contribution in [3.63, 3.8) is 0 Å². The third kappa shape index (κ3) is 3.50. The lowest BCUT2D eigenvalue weighted by Crippen LogP contribution is -2.12. The van der Waals surface area contributed by atoms with E-state index in [0.29, 0.717) is 0 Å². The molecule has 0 saturated heterocycles. The minimum atomic E-state index is 1.00. The lowest BCUT2D eigenvalue weighted by molar-refractivity contribution is 0.276. The van der Waals surface area contributed by atoms with Crippen LogP contribution in [0.4, 0.5) is 0 Å². The van der Waals surface area contributed by atoms with Gasteiger partial charge < -0.3 is 0 Å². The molecule has 0 amide bonds. The van der Waals surface area contributed by atoms with Crippen molar-refractivity contribution in [1.29, 1.82) is 0 Å². The third-order valence-electron chi connectivity index (χ3n) is 2.91. The van der Waals surface area contributed by atoms with Crippen LogP contribution >= 0.6 is 12.6 Å². The summed E-state index contributed by atoms with van der Waals surface area (Å²) >= 11 is 4.24. The summed E-state index contributed by atoms with van der Waals surface area (Å²) in [6.45, 7) is 2.38. The summed E-state index contributed by atoms with van der Waals surface area (Å²) in [5.41, 5.74) is 0. The van der Waals surface area contributed by atoms with E-state index in [0.717, 1.165) is 17.6 Å². The fraction of sp³-hybridized carbons (Fsp3) is 1.00. The van der Waals surface area contributed by atoms with Crippen LogP contribution in [0.1, 0.15) is 45.4 Å². The first-order valence-corrected chi connectivity index (χ1v) is 5.57. The van der Waals surface area contributed by atoms with Crippen LogP contribution in [0, 0.1) is 11.8 Å². The van der Waals surface area contributed by atoms with E-state index in [2.05, 4.69) is 19.6 Å². The Hall–Kier alpha value is 0.350. The summed E-state index contributed by atoms with van der Waals surface area (Å²) in [5.74, 6) is 3.12. The molecule has 1 fully saturated rings. The van der Waals surface area contributed by atoms with Gasteiger partial charge in [-0.05, 0) is 30.4 Å². The minimum Gasteiger partial charge on any atom is -0.179 e. The van der Waals surface area contributed by atoms with Gasteiger partial charge >= 0.3 is 0 Å². The molecule has 0 bridgehead atoms. The minimum absolute atomic E-state index is 1.00. The van der Waals surface area contributed by atoms with Crippen LogP contribution in [0.5, 0.6) is 0 Å². The predicted molar refractivity (Wildman–Crippen MR) is 54.2 cm³/mol. The van der Waals surface area contributed by atoms with Crippen molar-refractivity contribution in [3.8, 4) is 0 Å². The van der Waals surface area contributed by atoms with Crippen LogP contribution in [0.2, 0.25) is 0 Å². The van der Waals surface area contributed by atoms with Gasteiger partial charge in [0.2, 0.25) is 0 Å². The van der Waals surface area contributed by atoms with Crippen molar-refractivity contribution in [1.82, 2.24) is 0 Å². The maximum atomic E-state index is 4.24. The molecule has 0 aromatic heterocycles. The van der Waals surface area contributed by atoms with E-state index >= 15 is 0 Å². The van der Waals surface area contributed by atoms with Gasteiger partial charge in [-0.15, -0.1) is 0 Å². The third-order valence-corrected chi connectivity index (χ3v) is 3.22. The molecule has 0 aliphatic heterocycles. The van der Waals surface area contributed by atoms with Crippen LogP contribution in [-0.2, 0) is 0 Å². The summed E-state index contributed by atoms with van der Waals surface area (Å²) in [6.07, 6.45) is 8.65. The van der Waals surface area contributed by atoms with Crippen molar-refractivity contribution in [2.24, 2.45) is 11.8 Å². The number of hydrogen-bond donors (Lipinski definition) is 1. The van der Waals surface area contributed by atoms with Gasteiger partial charge in [-0.2, -0.15) is 12.6 Å². The Morgan fingerprint density at radius 2 is 1.82 bits per heavy atom. The van der Waals surface area contributed by atoms with E-state index in [1.54, 1.807) is 0 Å². The molecular formula is C10H20S. The predicted octanol–water partition coefficient (Wildman–Crippen LogP) is 3.52. The van der Waals surface area contributed by atoms with Crippen LogP contribution in [0.3, 0.4) is 0 Å². The lowest BCUT2D eigenvalue weighted by atomic mass is 9.81. The fourth-order valence-corrected chi connectivity index (χ4v) is 2.18. The summed E-state index contributed by atoms with van der Waals surface area (Å²) in [6, 6.07) is 0. The van der Waals surface area contributed by atoms with E-state index < -0.39 is 0 Å². The van der Waals surface area contributed by atoms with Crippen molar-refractivity contribution in [3.05, 3.63) is 0 Å². The molecule has 0 heterocycles. The summed E-state index contributed by atoms with van der Waals surface area (Å²) < 4.78 is 0. The van der Waals surface area contributed by atoms with Gasteiger partial charge in [-0.25, -0.2) is 0 Å². The van der Waals surface area contributed by atoms with Crippen molar-refractivity contribution in [2.75, 3.05) is 5.75 Å². The second-order valence-electron chi connectivity index (χ2n) is 3.99. The Balaban J connectivity index is 2.07. The van der Waals surface area contributed by atoms with Gasteiger partial charge in [0.05, 0.1) is 0 Å². The molecule has 0 aromatic rings. The standard InChI is InChI=1S/C10H20S/c1-9-4-6-10(7-5-9)3-2-8-11/h9-11H,2-8H2,1H3. The second-order valence-corrected chi connectivity index (χ2v) is 4.44. The first-order valence-electron chi connectivity index (χ1n) is 4.93. The molecular weight excluding hydrogens is 152 g/mol. The fourth-order valence-electron chi connectivity index (χ4n) is 2.00. The highest BCUT2D eigenvalue weighted by Crippen LogP contribution is 2.30. The van der Waals surface area contributed by atoms with Crippen LogP contribution in [-0.4, -0.2) is 5.75 Å². The summed E-state index contributed by atoms with van der Waals surface area (Å²) in [5, 5.41) is 0. The van der Waals surface area contributed by atoms with Crippen molar-refractivity contribution >= 4 is 12.6 Å². The number of thiol groups is 1. The molecule has 0 atom stereocenters. The first kappa shape index (κ1) is 9.44. The maximum absolute atomic E-state index is 4.24. The van der Waals surface area contributed by atoms with Crippen LogP contribution < -0.4 is 0 Å². The summed E-state index contributed by atoms with van der Waals surface area (Å²) in [7, 11) is 0. The molecule has 1 rings (SSSR count). The molecule has 0 N–H and O–H groups in total. The molecule has 1 heteroatoms. The largest absolute Gasteiger partial charge is 0.179 e. The zero-order valence-corrected chi connectivity index (χ0v) is 8.45. The van der Waals surface area contributed by atoms with Gasteiger partial charge in [0.1, 0.15) is 0 Å². The van der Waals surface area contributed by atoms with E-state index in [9.17, 15) is 0 Å². The smallest absolute Gasteiger partial charge is 0.00978 e. The molecule has 1 aliphatic rings.